The maximum absolute atomic E-state index is 13.9. The molecule has 0 unspecified atom stereocenters. The van der Waals surface area contributed by atoms with Gasteiger partial charge in [-0.2, -0.15) is 0 Å². The Labute approximate surface area is 108 Å². The van der Waals surface area contributed by atoms with Gasteiger partial charge in [-0.15, -0.1) is 0 Å². The van der Waals surface area contributed by atoms with Crippen molar-refractivity contribution in [2.24, 2.45) is 0 Å². The van der Waals surface area contributed by atoms with Crippen LogP contribution in [0.25, 0.3) is 0 Å². The van der Waals surface area contributed by atoms with Crippen LogP contribution < -0.4 is 4.90 Å². The molecule has 3 nitrogen and oxygen atoms in total. The number of para-hydroxylation sites is 1. The third-order valence-corrected chi connectivity index (χ3v) is 2.74. The normalized spacial score (nSPS) is 10.3. The summed E-state index contributed by atoms with van der Waals surface area (Å²) in [6, 6.07) is 10.3. The minimum Gasteiger partial charge on any atom is -0.478 e. The highest BCUT2D eigenvalue weighted by Gasteiger charge is 2.18. The van der Waals surface area contributed by atoms with Crippen molar-refractivity contribution in [1.29, 1.82) is 0 Å². The zero-order valence-corrected chi connectivity index (χ0v) is 10.1. The third kappa shape index (κ3) is 2.54. The molecule has 5 heteroatoms. The van der Waals surface area contributed by atoms with E-state index in [1.165, 1.54) is 11.9 Å². The van der Waals surface area contributed by atoms with Crippen LogP contribution >= 0.6 is 0 Å². The predicted octanol–water partition coefficient (Wildman–Crippen LogP) is 3.43. The zero-order chi connectivity index (χ0) is 14.0. The first-order chi connectivity index (χ1) is 9.00. The fraction of sp³-hybridized carbons (Fsp3) is 0.0714. The molecule has 0 atom stereocenters. The summed E-state index contributed by atoms with van der Waals surface area (Å²) < 4.78 is 27.7. The van der Waals surface area contributed by atoms with Gasteiger partial charge in [0.15, 0.2) is 11.6 Å². The lowest BCUT2D eigenvalue weighted by Crippen LogP contribution is -2.14. The Hall–Kier alpha value is -2.43. The molecule has 0 spiro atoms. The largest absolute Gasteiger partial charge is 0.478 e. The molecule has 0 aliphatic rings. The highest BCUT2D eigenvalue weighted by atomic mass is 19.1. The summed E-state index contributed by atoms with van der Waals surface area (Å²) in [4.78, 5) is 12.0. The summed E-state index contributed by atoms with van der Waals surface area (Å²) >= 11 is 0. The van der Waals surface area contributed by atoms with E-state index in [4.69, 9.17) is 5.11 Å². The minimum atomic E-state index is -1.37. The fourth-order valence-corrected chi connectivity index (χ4v) is 1.79. The first-order valence-electron chi connectivity index (χ1n) is 5.52. The molecule has 2 aromatic carbocycles. The molecule has 1 N–H and O–H groups in total. The lowest BCUT2D eigenvalue weighted by Gasteiger charge is -2.20. The second-order valence-electron chi connectivity index (χ2n) is 3.99. The van der Waals surface area contributed by atoms with Crippen molar-refractivity contribution in [3.05, 3.63) is 59.7 Å². The van der Waals surface area contributed by atoms with Crippen molar-refractivity contribution in [1.82, 2.24) is 0 Å². The van der Waals surface area contributed by atoms with Crippen molar-refractivity contribution >= 4 is 17.3 Å². The van der Waals surface area contributed by atoms with E-state index < -0.39 is 23.2 Å². The monoisotopic (exact) mass is 263 g/mol. The Morgan fingerprint density at radius 1 is 1.11 bits per heavy atom. The smallest absolute Gasteiger partial charge is 0.335 e. The van der Waals surface area contributed by atoms with Crippen molar-refractivity contribution < 1.29 is 18.7 Å². The topological polar surface area (TPSA) is 40.5 Å². The van der Waals surface area contributed by atoms with E-state index >= 15 is 0 Å². The molecule has 0 aromatic heterocycles. The number of aromatic carboxylic acids is 1. The molecule has 0 bridgehead atoms. The number of carboxylic acid groups (broad SMARTS) is 1. The number of hydrogen-bond acceptors (Lipinski definition) is 2. The molecule has 0 aliphatic carbocycles. The number of carboxylic acids is 1. The van der Waals surface area contributed by atoms with E-state index in [9.17, 15) is 13.6 Å². The van der Waals surface area contributed by atoms with Crippen LogP contribution in [0.1, 0.15) is 10.4 Å². The van der Waals surface area contributed by atoms with Crippen LogP contribution in [-0.2, 0) is 0 Å². The lowest BCUT2D eigenvalue weighted by atomic mass is 10.1. The molecular weight excluding hydrogens is 252 g/mol. The van der Waals surface area contributed by atoms with Crippen molar-refractivity contribution in [3.8, 4) is 0 Å². The van der Waals surface area contributed by atoms with Gasteiger partial charge < -0.3 is 10.0 Å². The molecular formula is C14H11F2NO2. The standard InChI is InChI=1S/C14H11F2NO2/c1-17(10-5-3-2-4-6-10)13-11(15)7-9(14(18)19)8-12(13)16/h2-8H,1H3,(H,18,19). The van der Waals surface area contributed by atoms with Crippen LogP contribution in [0.15, 0.2) is 42.5 Å². The number of benzene rings is 2. The number of rotatable bonds is 3. The third-order valence-electron chi connectivity index (χ3n) is 2.74. The van der Waals surface area contributed by atoms with Gasteiger partial charge in [-0.25, -0.2) is 13.6 Å². The second kappa shape index (κ2) is 5.06. The van der Waals surface area contributed by atoms with Gasteiger partial charge in [0, 0.05) is 12.7 Å². The maximum atomic E-state index is 13.9. The van der Waals surface area contributed by atoms with Gasteiger partial charge in [0.25, 0.3) is 0 Å². The number of carbonyl (C=O) groups is 1. The Balaban J connectivity index is 2.49. The van der Waals surface area contributed by atoms with Crippen LogP contribution in [0.5, 0.6) is 0 Å². The van der Waals surface area contributed by atoms with Crippen LogP contribution in [0.3, 0.4) is 0 Å². The summed E-state index contributed by atoms with van der Waals surface area (Å²) in [6.07, 6.45) is 0. The quantitative estimate of drug-likeness (QED) is 0.922. The first-order valence-corrected chi connectivity index (χ1v) is 5.52. The second-order valence-corrected chi connectivity index (χ2v) is 3.99. The van der Waals surface area contributed by atoms with Crippen molar-refractivity contribution in [3.63, 3.8) is 0 Å². The fourth-order valence-electron chi connectivity index (χ4n) is 1.79. The first kappa shape index (κ1) is 13.0. The van der Waals surface area contributed by atoms with Crippen LogP contribution in [0.4, 0.5) is 20.2 Å². The highest BCUT2D eigenvalue weighted by molar-refractivity contribution is 5.88. The van der Waals surface area contributed by atoms with E-state index in [2.05, 4.69) is 0 Å². The Morgan fingerprint density at radius 3 is 2.11 bits per heavy atom. The van der Waals surface area contributed by atoms with Crippen LogP contribution in [0, 0.1) is 11.6 Å². The molecule has 2 rings (SSSR count). The predicted molar refractivity (Wildman–Crippen MR) is 67.8 cm³/mol. The molecule has 0 heterocycles. The lowest BCUT2D eigenvalue weighted by molar-refractivity contribution is 0.0696. The highest BCUT2D eigenvalue weighted by Crippen LogP contribution is 2.29. The van der Waals surface area contributed by atoms with Crippen LogP contribution in [0.2, 0.25) is 0 Å². The van der Waals surface area contributed by atoms with E-state index in [1.54, 1.807) is 30.3 Å². The van der Waals surface area contributed by atoms with Gasteiger partial charge in [-0.3, -0.25) is 0 Å². The Morgan fingerprint density at radius 2 is 1.63 bits per heavy atom. The number of nitrogens with zero attached hydrogens (tertiary/aromatic N) is 1. The SMILES string of the molecule is CN(c1ccccc1)c1c(F)cc(C(=O)O)cc1F. The van der Waals surface area contributed by atoms with Gasteiger partial charge in [0.05, 0.1) is 5.56 Å². The molecule has 0 radical (unpaired) electrons. The van der Waals surface area contributed by atoms with Gasteiger partial charge in [0.2, 0.25) is 0 Å². The minimum absolute atomic E-state index is 0.281. The summed E-state index contributed by atoms with van der Waals surface area (Å²) in [5, 5.41) is 8.73. The summed E-state index contributed by atoms with van der Waals surface area (Å²) in [5.74, 6) is -3.20. The molecule has 0 saturated heterocycles. The number of halogens is 2. The van der Waals surface area contributed by atoms with Crippen LogP contribution in [-0.4, -0.2) is 18.1 Å². The molecule has 19 heavy (non-hydrogen) atoms. The molecule has 0 fully saturated rings. The Kier molecular flexibility index (Phi) is 3.46. The van der Waals surface area contributed by atoms with Gasteiger partial charge in [-0.05, 0) is 24.3 Å². The molecule has 0 saturated carbocycles. The van der Waals surface area contributed by atoms with E-state index in [0.717, 1.165) is 12.1 Å². The Bertz CT molecular complexity index is 591. The molecule has 2 aromatic rings. The zero-order valence-electron chi connectivity index (χ0n) is 10.1. The van der Waals surface area contributed by atoms with E-state index in [1.807, 2.05) is 0 Å². The average Bonchev–Trinajstić information content (AvgIpc) is 2.38. The molecule has 0 aliphatic heterocycles. The summed E-state index contributed by atoms with van der Waals surface area (Å²) in [7, 11) is 1.51. The van der Waals surface area contributed by atoms with Crippen molar-refractivity contribution in [2.75, 3.05) is 11.9 Å². The number of hydrogen-bond donors (Lipinski definition) is 1. The van der Waals surface area contributed by atoms with E-state index in [0.29, 0.717) is 5.69 Å². The van der Waals surface area contributed by atoms with Gasteiger partial charge in [0.1, 0.15) is 5.69 Å². The summed E-state index contributed by atoms with van der Waals surface area (Å²) in [6.45, 7) is 0. The molecule has 0 amide bonds. The molecule has 98 valence electrons. The maximum Gasteiger partial charge on any atom is 0.335 e. The average molecular weight is 263 g/mol. The summed E-state index contributed by atoms with van der Waals surface area (Å²) in [5.41, 5.74) is -0.0974. The van der Waals surface area contributed by atoms with Crippen molar-refractivity contribution in [2.45, 2.75) is 0 Å². The van der Waals surface area contributed by atoms with Gasteiger partial charge >= 0.3 is 5.97 Å². The van der Waals surface area contributed by atoms with Gasteiger partial charge in [-0.1, -0.05) is 18.2 Å². The van der Waals surface area contributed by atoms with E-state index in [-0.39, 0.29) is 5.69 Å². The number of anilines is 2.